The molecule has 1 unspecified atom stereocenters. The van der Waals surface area contributed by atoms with Gasteiger partial charge in [-0.25, -0.2) is 15.0 Å². The molecular formula is C15H18BrN5. The van der Waals surface area contributed by atoms with E-state index in [1.54, 1.807) is 12.4 Å². The van der Waals surface area contributed by atoms with Gasteiger partial charge in [-0.15, -0.1) is 0 Å². The van der Waals surface area contributed by atoms with Crippen molar-refractivity contribution >= 4 is 21.9 Å². The van der Waals surface area contributed by atoms with Gasteiger partial charge in [-0.2, -0.15) is 0 Å². The molecule has 1 aliphatic heterocycles. The summed E-state index contributed by atoms with van der Waals surface area (Å²) in [5, 5.41) is 3.58. The molecule has 3 heterocycles. The normalized spacial score (nSPS) is 18.7. The van der Waals surface area contributed by atoms with Crippen LogP contribution in [0.2, 0.25) is 0 Å². The molecule has 1 aliphatic rings. The van der Waals surface area contributed by atoms with E-state index in [0.717, 1.165) is 42.3 Å². The van der Waals surface area contributed by atoms with Crippen molar-refractivity contribution in [3.8, 4) is 0 Å². The van der Waals surface area contributed by atoms with Crippen LogP contribution in [0.15, 0.2) is 41.3 Å². The van der Waals surface area contributed by atoms with E-state index in [4.69, 9.17) is 0 Å². The zero-order valence-electron chi connectivity index (χ0n) is 11.7. The van der Waals surface area contributed by atoms with Gasteiger partial charge in [0.05, 0.1) is 5.69 Å². The molecule has 1 saturated heterocycles. The van der Waals surface area contributed by atoms with Crippen molar-refractivity contribution in [3.63, 3.8) is 0 Å². The van der Waals surface area contributed by atoms with E-state index in [9.17, 15) is 0 Å². The predicted octanol–water partition coefficient (Wildman–Crippen LogP) is 2.39. The highest BCUT2D eigenvalue weighted by Crippen LogP contribution is 2.15. The van der Waals surface area contributed by atoms with Crippen LogP contribution in [0.3, 0.4) is 0 Å². The molecule has 0 aromatic carbocycles. The first-order chi connectivity index (χ1) is 10.3. The Morgan fingerprint density at radius 1 is 1.24 bits per heavy atom. The van der Waals surface area contributed by atoms with Gasteiger partial charge in [0.2, 0.25) is 5.95 Å². The number of piperidine rings is 1. The lowest BCUT2D eigenvalue weighted by atomic mass is 10.1. The van der Waals surface area contributed by atoms with Crippen molar-refractivity contribution in [2.75, 3.05) is 18.0 Å². The Balaban J connectivity index is 1.57. The van der Waals surface area contributed by atoms with E-state index in [1.165, 1.54) is 6.42 Å². The molecule has 110 valence electrons. The minimum absolute atomic E-state index is 0.448. The van der Waals surface area contributed by atoms with Crippen molar-refractivity contribution in [2.24, 2.45) is 0 Å². The fourth-order valence-corrected chi connectivity index (χ4v) is 2.96. The Bertz CT molecular complexity index is 577. The van der Waals surface area contributed by atoms with Crippen LogP contribution >= 0.6 is 15.9 Å². The van der Waals surface area contributed by atoms with Gasteiger partial charge in [0.25, 0.3) is 0 Å². The number of halogens is 1. The van der Waals surface area contributed by atoms with Crippen LogP contribution in [-0.2, 0) is 6.54 Å². The molecule has 21 heavy (non-hydrogen) atoms. The fourth-order valence-electron chi connectivity index (χ4n) is 2.58. The summed E-state index contributed by atoms with van der Waals surface area (Å²) < 4.78 is 0.879. The maximum Gasteiger partial charge on any atom is 0.225 e. The van der Waals surface area contributed by atoms with E-state index in [2.05, 4.69) is 41.1 Å². The molecule has 0 spiro atoms. The zero-order chi connectivity index (χ0) is 14.5. The molecule has 0 bridgehead atoms. The van der Waals surface area contributed by atoms with Crippen molar-refractivity contribution in [1.29, 1.82) is 0 Å². The van der Waals surface area contributed by atoms with Crippen molar-refractivity contribution in [2.45, 2.75) is 25.4 Å². The SMILES string of the molecule is Brc1cccc(CNC2CCCN(c3ncccn3)C2)n1. The maximum atomic E-state index is 4.45. The van der Waals surface area contributed by atoms with Gasteiger partial charge in [0.1, 0.15) is 4.60 Å². The van der Waals surface area contributed by atoms with E-state index >= 15 is 0 Å². The van der Waals surface area contributed by atoms with E-state index < -0.39 is 0 Å². The van der Waals surface area contributed by atoms with Crippen LogP contribution in [0.25, 0.3) is 0 Å². The van der Waals surface area contributed by atoms with Gasteiger partial charge in [-0.05, 0) is 47.0 Å². The second-order valence-electron chi connectivity index (χ2n) is 5.17. The summed E-state index contributed by atoms with van der Waals surface area (Å²) in [6.45, 7) is 2.75. The Morgan fingerprint density at radius 2 is 2.10 bits per heavy atom. The molecule has 0 aliphatic carbocycles. The fraction of sp³-hybridized carbons (Fsp3) is 0.400. The van der Waals surface area contributed by atoms with Crippen LogP contribution in [0, 0.1) is 0 Å². The molecule has 5 nitrogen and oxygen atoms in total. The highest BCUT2D eigenvalue weighted by molar-refractivity contribution is 9.10. The predicted molar refractivity (Wildman–Crippen MR) is 86.0 cm³/mol. The number of hydrogen-bond acceptors (Lipinski definition) is 5. The number of pyridine rings is 1. The van der Waals surface area contributed by atoms with E-state index in [-0.39, 0.29) is 0 Å². The molecule has 0 amide bonds. The maximum absolute atomic E-state index is 4.45. The number of hydrogen-bond donors (Lipinski definition) is 1. The zero-order valence-corrected chi connectivity index (χ0v) is 13.3. The van der Waals surface area contributed by atoms with Crippen molar-refractivity contribution < 1.29 is 0 Å². The topological polar surface area (TPSA) is 53.9 Å². The van der Waals surface area contributed by atoms with Gasteiger partial charge in [-0.3, -0.25) is 0 Å². The Kier molecular flexibility index (Phi) is 4.77. The Labute approximate surface area is 133 Å². The number of nitrogens with zero attached hydrogens (tertiary/aromatic N) is 4. The van der Waals surface area contributed by atoms with Crippen LogP contribution in [0.1, 0.15) is 18.5 Å². The lowest BCUT2D eigenvalue weighted by Crippen LogP contribution is -2.46. The second-order valence-corrected chi connectivity index (χ2v) is 5.98. The molecule has 0 radical (unpaired) electrons. The summed E-state index contributed by atoms with van der Waals surface area (Å²) in [5.41, 5.74) is 1.05. The van der Waals surface area contributed by atoms with Crippen LogP contribution in [0.5, 0.6) is 0 Å². The summed E-state index contributed by atoms with van der Waals surface area (Å²) in [6.07, 6.45) is 5.93. The van der Waals surface area contributed by atoms with Gasteiger partial charge in [0, 0.05) is 38.1 Å². The number of nitrogens with one attached hydrogen (secondary N) is 1. The largest absolute Gasteiger partial charge is 0.339 e. The molecule has 1 N–H and O–H groups in total. The monoisotopic (exact) mass is 347 g/mol. The lowest BCUT2D eigenvalue weighted by Gasteiger charge is -2.33. The van der Waals surface area contributed by atoms with Crippen molar-refractivity contribution in [3.05, 3.63) is 47.0 Å². The summed E-state index contributed by atoms with van der Waals surface area (Å²) in [7, 11) is 0. The van der Waals surface area contributed by atoms with Gasteiger partial charge in [0.15, 0.2) is 0 Å². The molecule has 1 atom stereocenters. The molecular weight excluding hydrogens is 330 g/mol. The molecule has 2 aromatic heterocycles. The summed E-state index contributed by atoms with van der Waals surface area (Å²) >= 11 is 3.40. The first kappa shape index (κ1) is 14.4. The summed E-state index contributed by atoms with van der Waals surface area (Å²) in [4.78, 5) is 15.4. The number of aromatic nitrogens is 3. The quantitative estimate of drug-likeness (QED) is 0.860. The Hall–Kier alpha value is -1.53. The number of rotatable bonds is 4. The third-order valence-corrected chi connectivity index (χ3v) is 4.04. The van der Waals surface area contributed by atoms with E-state index in [1.807, 2.05) is 24.3 Å². The average Bonchev–Trinajstić information content (AvgIpc) is 2.54. The second kappa shape index (κ2) is 6.95. The third-order valence-electron chi connectivity index (χ3n) is 3.60. The minimum Gasteiger partial charge on any atom is -0.339 e. The standard InChI is InChI=1S/C15H18BrN5/c16-14-6-1-4-12(20-14)10-19-13-5-2-9-21(11-13)15-17-7-3-8-18-15/h1,3-4,6-8,13,19H,2,5,9-11H2. The van der Waals surface area contributed by atoms with Crippen LogP contribution < -0.4 is 10.2 Å². The van der Waals surface area contributed by atoms with Crippen molar-refractivity contribution in [1.82, 2.24) is 20.3 Å². The minimum atomic E-state index is 0.448. The molecule has 3 rings (SSSR count). The summed E-state index contributed by atoms with van der Waals surface area (Å²) in [5.74, 6) is 0.824. The molecule has 2 aromatic rings. The van der Waals surface area contributed by atoms with Gasteiger partial charge >= 0.3 is 0 Å². The average molecular weight is 348 g/mol. The van der Waals surface area contributed by atoms with E-state index in [0.29, 0.717) is 6.04 Å². The summed E-state index contributed by atoms with van der Waals surface area (Å²) in [6, 6.07) is 8.29. The Morgan fingerprint density at radius 3 is 2.90 bits per heavy atom. The smallest absolute Gasteiger partial charge is 0.225 e. The molecule has 1 fully saturated rings. The lowest BCUT2D eigenvalue weighted by molar-refractivity contribution is 0.416. The third kappa shape index (κ3) is 3.98. The van der Waals surface area contributed by atoms with Crippen LogP contribution in [-0.4, -0.2) is 34.1 Å². The first-order valence-corrected chi connectivity index (χ1v) is 7.97. The molecule has 0 saturated carbocycles. The molecule has 6 heteroatoms. The highest BCUT2D eigenvalue weighted by atomic mass is 79.9. The highest BCUT2D eigenvalue weighted by Gasteiger charge is 2.21. The number of anilines is 1. The van der Waals surface area contributed by atoms with Gasteiger partial charge < -0.3 is 10.2 Å². The van der Waals surface area contributed by atoms with Gasteiger partial charge in [-0.1, -0.05) is 6.07 Å². The van der Waals surface area contributed by atoms with Crippen LogP contribution in [0.4, 0.5) is 5.95 Å². The first-order valence-electron chi connectivity index (χ1n) is 7.18.